The molecular formula is C50H38Cl5F3N12O7. The van der Waals surface area contributed by atoms with E-state index in [0.29, 0.717) is 28.3 Å². The summed E-state index contributed by atoms with van der Waals surface area (Å²) in [4.78, 5) is 99.1. The summed E-state index contributed by atoms with van der Waals surface area (Å²) in [6, 6.07) is 23.3. The molecule has 0 aliphatic carbocycles. The Morgan fingerprint density at radius 3 is 1.55 bits per heavy atom. The lowest BCUT2D eigenvalue weighted by atomic mass is 10.0. The summed E-state index contributed by atoms with van der Waals surface area (Å²) in [6.45, 7) is 4.57. The van der Waals surface area contributed by atoms with E-state index in [1.54, 1.807) is 32.2 Å². The predicted octanol–water partition coefficient (Wildman–Crippen LogP) is 8.27. The van der Waals surface area contributed by atoms with Crippen LogP contribution >= 0.6 is 58.0 Å². The number of anilines is 3. The topological polar surface area (TPSA) is 285 Å². The number of nitrogens with zero attached hydrogens (tertiary/aromatic N) is 6. The van der Waals surface area contributed by atoms with E-state index >= 15 is 0 Å². The van der Waals surface area contributed by atoms with Gasteiger partial charge in [-0.15, -0.1) is 0 Å². The largest absolute Gasteiger partial charge is 0.384 e. The van der Waals surface area contributed by atoms with E-state index in [4.69, 9.17) is 69.5 Å². The Hall–Kier alpha value is -8.41. The molecule has 396 valence electrons. The molecule has 0 fully saturated rings. The highest BCUT2D eigenvalue weighted by atomic mass is 35.5. The summed E-state index contributed by atoms with van der Waals surface area (Å²) in [5, 5.41) is 8.92. The van der Waals surface area contributed by atoms with E-state index < -0.39 is 63.2 Å². The van der Waals surface area contributed by atoms with Crippen LogP contribution in [0, 0.1) is 17.5 Å². The van der Waals surface area contributed by atoms with Crippen LogP contribution in [-0.2, 0) is 11.3 Å². The number of rotatable bonds is 6. The van der Waals surface area contributed by atoms with Gasteiger partial charge in [-0.2, -0.15) is 0 Å². The van der Waals surface area contributed by atoms with Crippen molar-refractivity contribution in [2.45, 2.75) is 32.1 Å². The Morgan fingerprint density at radius 2 is 1.10 bits per heavy atom. The minimum absolute atomic E-state index is 0.0241. The number of aromatic amines is 1. The van der Waals surface area contributed by atoms with Crippen LogP contribution in [0.1, 0.15) is 73.7 Å². The summed E-state index contributed by atoms with van der Waals surface area (Å²) >= 11 is 28.6. The van der Waals surface area contributed by atoms with Crippen LogP contribution < -0.4 is 44.1 Å². The van der Waals surface area contributed by atoms with Crippen molar-refractivity contribution in [3.8, 4) is 0 Å². The first-order valence-corrected chi connectivity index (χ1v) is 23.7. The second-order valence-electron chi connectivity index (χ2n) is 16.3. The molecule has 0 saturated heterocycles. The molecular weight excluding hydrogens is 1110 g/mol. The van der Waals surface area contributed by atoms with Gasteiger partial charge < -0.3 is 32.4 Å². The van der Waals surface area contributed by atoms with Crippen molar-refractivity contribution in [2.24, 2.45) is 5.73 Å². The molecule has 77 heavy (non-hydrogen) atoms. The molecule has 2 atom stereocenters. The van der Waals surface area contributed by atoms with Gasteiger partial charge in [0.05, 0.1) is 0 Å². The smallest absolute Gasteiger partial charge is 0.277 e. The molecule has 0 bridgehead atoms. The molecule has 7 heterocycles. The quantitative estimate of drug-likeness (QED) is 0.0856. The number of benzene rings is 3. The van der Waals surface area contributed by atoms with Crippen molar-refractivity contribution in [3.63, 3.8) is 0 Å². The molecule has 3 aromatic carbocycles. The van der Waals surface area contributed by atoms with Crippen LogP contribution in [-0.4, -0.2) is 57.6 Å². The number of fused-ring (bicyclic) bond motifs is 2. The average Bonchev–Trinajstić information content (AvgIpc) is 3.99. The first-order valence-electron chi connectivity index (χ1n) is 21.8. The number of Topliss-reactive ketones (excluding diaryl/α,β-unsaturated/α-hetero) is 1. The number of aromatic nitrogens is 7. The summed E-state index contributed by atoms with van der Waals surface area (Å²) in [7, 11) is 0. The van der Waals surface area contributed by atoms with E-state index in [1.807, 2.05) is 0 Å². The summed E-state index contributed by atoms with van der Waals surface area (Å²) in [5.41, 5.74) is 7.62. The van der Waals surface area contributed by atoms with Gasteiger partial charge >= 0.3 is 0 Å². The average molecular weight is 1150 g/mol. The summed E-state index contributed by atoms with van der Waals surface area (Å²) < 4.78 is 42.5. The molecule has 0 spiro atoms. The van der Waals surface area contributed by atoms with Crippen molar-refractivity contribution in [3.05, 3.63) is 236 Å². The third-order valence-electron chi connectivity index (χ3n) is 10.9. The lowest BCUT2D eigenvalue weighted by Gasteiger charge is -2.28. The molecule has 19 nitrogen and oxygen atoms in total. The molecule has 0 saturated carbocycles. The first kappa shape index (κ1) is 57.9. The number of nitrogen functional groups attached to an aromatic ring is 1. The van der Waals surface area contributed by atoms with Crippen molar-refractivity contribution < 1.29 is 32.3 Å². The number of ketones is 1. The number of H-pyrrole nitrogens is 1. The number of nitrogens with one attached hydrogen (secondary N) is 4. The highest BCUT2D eigenvalue weighted by Gasteiger charge is 2.43. The Kier molecular flexibility index (Phi) is 18.4. The van der Waals surface area contributed by atoms with Gasteiger partial charge in [-0.05, 0) is 124 Å². The van der Waals surface area contributed by atoms with Crippen LogP contribution in [0.4, 0.5) is 30.5 Å². The Morgan fingerprint density at radius 1 is 0.610 bits per heavy atom. The number of pyridine rings is 3. The van der Waals surface area contributed by atoms with E-state index in [-0.39, 0.29) is 53.7 Å². The Labute approximate surface area is 458 Å². The molecule has 10 rings (SSSR count). The molecule has 8 aromatic rings. The number of nitrogens with two attached hydrogens (primary N) is 2. The molecule has 27 heteroatoms. The SMILES string of the molecule is CC(=O)c1cc(F)cc(Cl)c1.CC1(c2cc(F)cc(Cl)c2)NC(=O)c2ccc(Cl)c(=O)n21.CC1(c2cc(F)cc(Cl)c2)NC(=O)c2ccc(Nc3ccncn3)c(=O)n21.NC(=O)c1ccc(Cl)c(=O)[nH]1.Nc1ccncn1. The molecule has 8 N–H and O–H groups in total. The number of hydrogen-bond donors (Lipinski definition) is 6. The Balaban J connectivity index is 0.000000169. The second kappa shape index (κ2) is 24.5. The second-order valence-corrected chi connectivity index (χ2v) is 18.5. The van der Waals surface area contributed by atoms with Crippen LogP contribution in [0.25, 0.3) is 0 Å². The standard InChI is InChI=1S/C18H13ClFN5O2.C14H9Cl2FN2O2.C8H6ClFO.C6H5ClN2O2.C4H5N3/c1-18(10-6-11(19)8-12(20)7-10)24-16(26)14-3-2-13(17(27)25(14)18)23-15-4-5-21-9-22-15;1-14(7-4-8(15)6-9(17)5-7)18-12(20)11-3-2-10(16)13(21)19(11)14;1-5(11)6-2-7(9)4-8(10)3-6;7-3-1-2-4(5(8)10)9-6(3)11;5-4-1-2-6-3-7-4/h2-9H,1H3,(H,24,26)(H,21,22,23);2-6H,1H3,(H,18,20);2-4H,1H3;1-2H,(H2,8,10)(H,9,11);1-3H,(H2,5,6,7). The van der Waals surface area contributed by atoms with Gasteiger partial charge in [-0.3, -0.25) is 42.7 Å². The number of primary amides is 1. The molecule has 2 aliphatic rings. The van der Waals surface area contributed by atoms with Crippen LogP contribution in [0.3, 0.4) is 0 Å². The van der Waals surface area contributed by atoms with Gasteiger partial charge in [0.2, 0.25) is 0 Å². The molecule has 3 amide bonds. The maximum atomic E-state index is 13.9. The lowest BCUT2D eigenvalue weighted by molar-refractivity contribution is 0.0932. The number of carbonyl (C=O) groups is 4. The van der Waals surface area contributed by atoms with E-state index in [2.05, 4.69) is 40.9 Å². The predicted molar refractivity (Wildman–Crippen MR) is 283 cm³/mol. The number of carbonyl (C=O) groups excluding carboxylic acids is 4. The van der Waals surface area contributed by atoms with Gasteiger partial charge in [0.25, 0.3) is 34.4 Å². The number of hydrogen-bond acceptors (Lipinski definition) is 13. The van der Waals surface area contributed by atoms with Gasteiger partial charge in [-0.25, -0.2) is 33.1 Å². The molecule has 5 aromatic heterocycles. The van der Waals surface area contributed by atoms with Crippen LogP contribution in [0.5, 0.6) is 0 Å². The van der Waals surface area contributed by atoms with E-state index in [9.17, 15) is 46.7 Å². The van der Waals surface area contributed by atoms with Gasteiger partial charge in [-0.1, -0.05) is 58.0 Å². The van der Waals surface area contributed by atoms with Crippen molar-refractivity contribution in [2.75, 3.05) is 11.1 Å². The van der Waals surface area contributed by atoms with Crippen LogP contribution in [0.2, 0.25) is 25.1 Å². The fourth-order valence-corrected chi connectivity index (χ4v) is 8.23. The first-order chi connectivity index (χ1) is 36.3. The highest BCUT2D eigenvalue weighted by molar-refractivity contribution is 6.32. The third kappa shape index (κ3) is 13.9. The Bertz CT molecular complexity index is 3700. The molecule has 2 aliphatic heterocycles. The summed E-state index contributed by atoms with van der Waals surface area (Å²) in [5.74, 6) is -2.42. The van der Waals surface area contributed by atoms with Crippen molar-refractivity contribution in [1.29, 1.82) is 0 Å². The van der Waals surface area contributed by atoms with Gasteiger partial charge in [0.15, 0.2) is 5.78 Å². The zero-order valence-corrected chi connectivity index (χ0v) is 43.6. The van der Waals surface area contributed by atoms with E-state index in [0.717, 1.165) is 24.3 Å². The van der Waals surface area contributed by atoms with Crippen molar-refractivity contribution in [1.82, 2.24) is 44.7 Å². The van der Waals surface area contributed by atoms with E-state index in [1.165, 1.54) is 102 Å². The monoisotopic (exact) mass is 1150 g/mol. The molecule has 0 radical (unpaired) electrons. The van der Waals surface area contributed by atoms with Crippen LogP contribution in [0.15, 0.2) is 143 Å². The van der Waals surface area contributed by atoms with Crippen molar-refractivity contribution >= 4 is 98.8 Å². The molecule has 2 unspecified atom stereocenters. The number of halogens is 8. The normalized spacial score (nSPS) is 15.4. The maximum Gasteiger partial charge on any atom is 0.277 e. The number of amides is 3. The zero-order chi connectivity index (χ0) is 56.5. The lowest BCUT2D eigenvalue weighted by Crippen LogP contribution is -2.46. The minimum Gasteiger partial charge on any atom is -0.384 e. The third-order valence-corrected chi connectivity index (χ3v) is 12.1. The fourth-order valence-electron chi connectivity index (χ4n) is 7.30. The fraction of sp³-hybridized carbons (Fsp3) is 0.100. The zero-order valence-electron chi connectivity index (χ0n) is 39.8. The highest BCUT2D eigenvalue weighted by Crippen LogP contribution is 2.33. The summed E-state index contributed by atoms with van der Waals surface area (Å²) in [6.07, 6.45) is 5.89. The van der Waals surface area contributed by atoms with Gasteiger partial charge in [0, 0.05) is 44.2 Å². The van der Waals surface area contributed by atoms with Gasteiger partial charge in [0.1, 0.15) is 85.9 Å². The maximum absolute atomic E-state index is 13.9. The minimum atomic E-state index is -1.29.